The maximum absolute atomic E-state index is 13.0. The molecule has 3 aromatic rings. The Morgan fingerprint density at radius 2 is 2.00 bits per heavy atom. The van der Waals surface area contributed by atoms with Crippen molar-refractivity contribution < 1.29 is 9.53 Å². The number of ether oxygens (including phenoxy) is 1. The molecule has 0 bridgehead atoms. The fraction of sp³-hybridized carbons (Fsp3) is 0.333. The molecule has 0 spiro atoms. The van der Waals surface area contributed by atoms with Crippen molar-refractivity contribution in [3.63, 3.8) is 0 Å². The normalized spacial score (nSPS) is 16.7. The van der Waals surface area contributed by atoms with Gasteiger partial charge in [-0.2, -0.15) is 0 Å². The summed E-state index contributed by atoms with van der Waals surface area (Å²) in [6.07, 6.45) is 2.18. The van der Waals surface area contributed by atoms with Gasteiger partial charge in [-0.1, -0.05) is 53.8 Å². The molecule has 27 heavy (non-hydrogen) atoms. The fourth-order valence-electron chi connectivity index (χ4n) is 3.16. The topological polar surface area (TPSA) is 42.4 Å². The van der Waals surface area contributed by atoms with Crippen molar-refractivity contribution in [1.29, 1.82) is 0 Å². The summed E-state index contributed by atoms with van der Waals surface area (Å²) in [7, 11) is 0. The van der Waals surface area contributed by atoms with E-state index in [4.69, 9.17) is 9.72 Å². The molecule has 1 aromatic heterocycles. The number of thiazole rings is 1. The minimum absolute atomic E-state index is 0.102. The summed E-state index contributed by atoms with van der Waals surface area (Å²) in [4.78, 5) is 19.5. The zero-order valence-electron chi connectivity index (χ0n) is 15.0. The van der Waals surface area contributed by atoms with Gasteiger partial charge in [0.15, 0.2) is 5.13 Å². The van der Waals surface area contributed by atoms with Gasteiger partial charge in [-0.25, -0.2) is 4.98 Å². The van der Waals surface area contributed by atoms with Crippen molar-refractivity contribution in [1.82, 2.24) is 4.98 Å². The molecule has 1 atom stereocenters. The molecular formula is C21H22N2O2S2. The monoisotopic (exact) mass is 398 g/mol. The quantitative estimate of drug-likeness (QED) is 0.576. The predicted octanol–water partition coefficient (Wildman–Crippen LogP) is 4.74. The Hall–Kier alpha value is -1.89. The molecule has 1 saturated heterocycles. The number of rotatable bonds is 7. The first-order valence-corrected chi connectivity index (χ1v) is 11.2. The zero-order valence-corrected chi connectivity index (χ0v) is 16.7. The van der Waals surface area contributed by atoms with Gasteiger partial charge < -0.3 is 4.74 Å². The highest BCUT2D eigenvalue weighted by molar-refractivity contribution is 7.99. The van der Waals surface area contributed by atoms with Crippen LogP contribution in [0.25, 0.3) is 10.2 Å². The van der Waals surface area contributed by atoms with E-state index in [0.717, 1.165) is 40.5 Å². The minimum Gasteiger partial charge on any atom is -0.376 e. The van der Waals surface area contributed by atoms with Crippen LogP contribution >= 0.6 is 23.1 Å². The van der Waals surface area contributed by atoms with Crippen molar-refractivity contribution in [3.8, 4) is 0 Å². The molecular weight excluding hydrogens is 376 g/mol. The second kappa shape index (κ2) is 8.87. The maximum atomic E-state index is 13.0. The van der Waals surface area contributed by atoms with Crippen molar-refractivity contribution in [3.05, 3.63) is 60.2 Å². The van der Waals surface area contributed by atoms with E-state index in [1.807, 2.05) is 41.3 Å². The highest BCUT2D eigenvalue weighted by atomic mass is 32.2. The Labute approximate surface area is 167 Å². The van der Waals surface area contributed by atoms with E-state index in [1.54, 1.807) is 23.1 Å². The van der Waals surface area contributed by atoms with E-state index >= 15 is 0 Å². The number of para-hydroxylation sites is 1. The lowest BCUT2D eigenvalue weighted by atomic mass is 10.2. The van der Waals surface area contributed by atoms with Gasteiger partial charge in [-0.3, -0.25) is 9.69 Å². The van der Waals surface area contributed by atoms with E-state index in [2.05, 4.69) is 18.2 Å². The number of thioether (sulfide) groups is 1. The highest BCUT2D eigenvalue weighted by Gasteiger charge is 2.26. The summed E-state index contributed by atoms with van der Waals surface area (Å²) in [5, 5.41) is 0.775. The Morgan fingerprint density at radius 1 is 1.19 bits per heavy atom. The zero-order chi connectivity index (χ0) is 18.5. The number of carbonyl (C=O) groups excluding carboxylic acids is 1. The van der Waals surface area contributed by atoms with Gasteiger partial charge in [0.1, 0.15) is 0 Å². The van der Waals surface area contributed by atoms with Crippen LogP contribution < -0.4 is 4.90 Å². The van der Waals surface area contributed by atoms with Crippen LogP contribution in [0.15, 0.2) is 54.6 Å². The number of aromatic nitrogens is 1. The molecule has 6 heteroatoms. The van der Waals surface area contributed by atoms with E-state index in [-0.39, 0.29) is 12.0 Å². The molecule has 1 fully saturated rings. The molecule has 0 radical (unpaired) electrons. The summed E-state index contributed by atoms with van der Waals surface area (Å²) in [5.74, 6) is 1.38. The molecule has 0 N–H and O–H groups in total. The summed E-state index contributed by atoms with van der Waals surface area (Å²) < 4.78 is 6.89. The highest BCUT2D eigenvalue weighted by Crippen LogP contribution is 2.30. The van der Waals surface area contributed by atoms with Crippen LogP contribution in [0.2, 0.25) is 0 Å². The molecule has 1 aliphatic heterocycles. The number of benzene rings is 2. The second-order valence-corrected chi connectivity index (χ2v) is 8.58. The van der Waals surface area contributed by atoms with Crippen molar-refractivity contribution >= 4 is 44.4 Å². The lowest BCUT2D eigenvalue weighted by molar-refractivity contribution is -0.116. The third-order valence-corrected chi connectivity index (χ3v) is 6.61. The molecule has 0 aliphatic carbocycles. The van der Waals surface area contributed by atoms with Crippen LogP contribution in [0.3, 0.4) is 0 Å². The number of amides is 1. The van der Waals surface area contributed by atoms with E-state index in [9.17, 15) is 4.79 Å². The van der Waals surface area contributed by atoms with E-state index in [0.29, 0.717) is 12.3 Å². The number of nitrogens with zero attached hydrogens (tertiary/aromatic N) is 2. The summed E-state index contributed by atoms with van der Waals surface area (Å²) >= 11 is 3.22. The number of hydrogen-bond donors (Lipinski definition) is 0. The average molecular weight is 399 g/mol. The second-order valence-electron chi connectivity index (χ2n) is 6.58. The maximum Gasteiger partial charge on any atom is 0.238 e. The van der Waals surface area contributed by atoms with Gasteiger partial charge in [-0.05, 0) is 30.5 Å². The summed E-state index contributed by atoms with van der Waals surface area (Å²) in [6.45, 7) is 1.37. The van der Waals surface area contributed by atoms with Gasteiger partial charge in [0.05, 0.1) is 28.6 Å². The third-order valence-electron chi connectivity index (χ3n) is 4.56. The summed E-state index contributed by atoms with van der Waals surface area (Å²) in [6, 6.07) is 18.3. The Bertz CT molecular complexity index is 858. The average Bonchev–Trinajstić information content (AvgIpc) is 3.36. The molecule has 0 saturated carbocycles. The largest absolute Gasteiger partial charge is 0.376 e. The van der Waals surface area contributed by atoms with Crippen LogP contribution in [0, 0.1) is 0 Å². The Morgan fingerprint density at radius 3 is 2.78 bits per heavy atom. The van der Waals surface area contributed by atoms with Gasteiger partial charge in [0.2, 0.25) is 5.91 Å². The van der Waals surface area contributed by atoms with Crippen molar-refractivity contribution in [2.24, 2.45) is 0 Å². The van der Waals surface area contributed by atoms with Crippen LogP contribution in [0.5, 0.6) is 0 Å². The van der Waals surface area contributed by atoms with Crippen LogP contribution in [-0.2, 0) is 15.3 Å². The van der Waals surface area contributed by atoms with E-state index in [1.165, 1.54) is 5.56 Å². The minimum atomic E-state index is 0.102. The molecule has 4 nitrogen and oxygen atoms in total. The molecule has 2 aromatic carbocycles. The van der Waals surface area contributed by atoms with Crippen LogP contribution in [0.4, 0.5) is 5.13 Å². The van der Waals surface area contributed by atoms with Crippen molar-refractivity contribution in [2.45, 2.75) is 24.7 Å². The Balaban J connectivity index is 1.47. The third kappa shape index (κ3) is 4.69. The summed E-state index contributed by atoms with van der Waals surface area (Å²) in [5.41, 5.74) is 2.18. The molecule has 0 unspecified atom stereocenters. The smallest absolute Gasteiger partial charge is 0.238 e. The number of carbonyl (C=O) groups is 1. The van der Waals surface area contributed by atoms with Gasteiger partial charge >= 0.3 is 0 Å². The first kappa shape index (κ1) is 18.5. The van der Waals surface area contributed by atoms with Gasteiger partial charge in [-0.15, -0.1) is 11.8 Å². The first-order valence-electron chi connectivity index (χ1n) is 9.19. The molecule has 1 aliphatic rings. The van der Waals surface area contributed by atoms with Gasteiger partial charge in [0, 0.05) is 12.4 Å². The van der Waals surface area contributed by atoms with Crippen LogP contribution in [0.1, 0.15) is 18.4 Å². The molecule has 2 heterocycles. The SMILES string of the molecule is O=C(CSCc1ccccc1)N(C[C@@H]1CCCO1)c1nc2ccccc2s1. The molecule has 1 amide bonds. The van der Waals surface area contributed by atoms with Crippen molar-refractivity contribution in [2.75, 3.05) is 23.8 Å². The standard InChI is InChI=1S/C21H22N2O2S2/c24-20(15-26-14-16-7-2-1-3-8-16)23(13-17-9-6-12-25-17)21-22-18-10-4-5-11-19(18)27-21/h1-5,7-8,10-11,17H,6,9,12-15H2/t17-/m0/s1. The lowest BCUT2D eigenvalue weighted by Crippen LogP contribution is -2.38. The molecule has 4 rings (SSSR count). The number of fused-ring (bicyclic) bond motifs is 1. The number of anilines is 1. The lowest BCUT2D eigenvalue weighted by Gasteiger charge is -2.23. The van der Waals surface area contributed by atoms with E-state index < -0.39 is 0 Å². The van der Waals surface area contributed by atoms with Gasteiger partial charge in [0.25, 0.3) is 0 Å². The Kier molecular flexibility index (Phi) is 6.07. The molecule has 140 valence electrons. The van der Waals surface area contributed by atoms with Crippen LogP contribution in [-0.4, -0.2) is 35.9 Å². The first-order chi connectivity index (χ1) is 13.3. The fourth-order valence-corrected chi connectivity index (χ4v) is 5.02. The number of hydrogen-bond acceptors (Lipinski definition) is 5. The predicted molar refractivity (Wildman–Crippen MR) is 114 cm³/mol.